The molecule has 1 aliphatic carbocycles. The Bertz CT molecular complexity index is 596. The van der Waals surface area contributed by atoms with Crippen LogP contribution < -0.4 is 4.90 Å². The smallest absolute Gasteiger partial charge is 0.228 e. The first kappa shape index (κ1) is 17.3. The maximum Gasteiger partial charge on any atom is 0.228 e. The summed E-state index contributed by atoms with van der Waals surface area (Å²) in [5.74, 6) is 0.0342. The van der Waals surface area contributed by atoms with Crippen LogP contribution in [-0.4, -0.2) is 42.1 Å². The van der Waals surface area contributed by atoms with Gasteiger partial charge in [-0.15, -0.1) is 11.8 Å². The number of benzene rings is 1. The molecule has 2 amide bonds. The fraction of sp³-hybridized carbons (Fsp3) is 0.579. The lowest BCUT2D eigenvalue weighted by molar-refractivity contribution is -0.137. The number of carbonyl (C=O) groups is 2. The fourth-order valence-corrected chi connectivity index (χ4v) is 4.34. The minimum Gasteiger partial charge on any atom is -0.340 e. The maximum absolute atomic E-state index is 12.9. The predicted molar refractivity (Wildman–Crippen MR) is 98.3 cm³/mol. The first-order valence-corrected chi connectivity index (χ1v) is 10.1. The third kappa shape index (κ3) is 3.46. The molecule has 0 bridgehead atoms. The van der Waals surface area contributed by atoms with Gasteiger partial charge in [-0.25, -0.2) is 0 Å². The third-order valence-corrected chi connectivity index (χ3v) is 5.99. The Morgan fingerprint density at radius 2 is 1.92 bits per heavy atom. The van der Waals surface area contributed by atoms with E-state index in [0.29, 0.717) is 19.0 Å². The number of carbonyl (C=O) groups excluding carboxylic acids is 2. The second-order valence-electron chi connectivity index (χ2n) is 6.67. The molecule has 1 aliphatic heterocycles. The molecule has 0 spiro atoms. The highest BCUT2D eigenvalue weighted by Crippen LogP contribution is 2.30. The van der Waals surface area contributed by atoms with Gasteiger partial charge in [-0.3, -0.25) is 9.59 Å². The van der Waals surface area contributed by atoms with E-state index in [-0.39, 0.29) is 17.7 Å². The van der Waals surface area contributed by atoms with E-state index in [1.807, 2.05) is 42.3 Å². The van der Waals surface area contributed by atoms with Crippen molar-refractivity contribution in [3.63, 3.8) is 0 Å². The van der Waals surface area contributed by atoms with Gasteiger partial charge in [0, 0.05) is 36.1 Å². The second kappa shape index (κ2) is 7.60. The van der Waals surface area contributed by atoms with Gasteiger partial charge in [-0.2, -0.15) is 0 Å². The van der Waals surface area contributed by atoms with Gasteiger partial charge in [0.15, 0.2) is 0 Å². The molecule has 24 heavy (non-hydrogen) atoms. The van der Waals surface area contributed by atoms with Crippen LogP contribution in [-0.2, 0) is 9.59 Å². The molecule has 0 N–H and O–H groups in total. The third-order valence-electron chi connectivity index (χ3n) is 5.25. The molecule has 5 heteroatoms. The molecule has 1 saturated heterocycles. The lowest BCUT2D eigenvalue weighted by Crippen LogP contribution is -2.43. The van der Waals surface area contributed by atoms with Crippen LogP contribution in [0.5, 0.6) is 0 Å². The van der Waals surface area contributed by atoms with Crippen LogP contribution in [0.1, 0.15) is 39.0 Å². The van der Waals surface area contributed by atoms with E-state index in [0.717, 1.165) is 25.1 Å². The van der Waals surface area contributed by atoms with Crippen LogP contribution in [0.25, 0.3) is 0 Å². The molecule has 0 radical (unpaired) electrons. The molecular weight excluding hydrogens is 320 g/mol. The van der Waals surface area contributed by atoms with Crippen molar-refractivity contribution in [2.45, 2.75) is 50.0 Å². The quantitative estimate of drug-likeness (QED) is 0.766. The molecule has 1 aromatic rings. The zero-order valence-corrected chi connectivity index (χ0v) is 15.3. The molecule has 3 rings (SSSR count). The number of thioether (sulfide) groups is 1. The molecule has 2 aliphatic rings. The average Bonchev–Trinajstić information content (AvgIpc) is 3.25. The minimum atomic E-state index is -0.196. The molecule has 1 atom stereocenters. The van der Waals surface area contributed by atoms with Crippen LogP contribution in [0.15, 0.2) is 29.2 Å². The number of nitrogens with zero attached hydrogens (tertiary/aromatic N) is 2. The summed E-state index contributed by atoms with van der Waals surface area (Å²) in [7, 11) is 0. The molecule has 1 aromatic carbocycles. The fourth-order valence-electron chi connectivity index (χ4n) is 3.93. The first-order chi connectivity index (χ1) is 11.6. The standard InChI is InChI=1S/C19H26N2O2S/c1-3-20(15-6-4-5-7-15)19(23)14-12-18(22)21(13-14)16-8-10-17(24-2)11-9-16/h8-11,14-15H,3-7,12-13H2,1-2H3/t14-/m0/s1. The Kier molecular flexibility index (Phi) is 5.49. The molecule has 2 fully saturated rings. The van der Waals surface area contributed by atoms with Gasteiger partial charge in [0.05, 0.1) is 5.92 Å². The van der Waals surface area contributed by atoms with E-state index >= 15 is 0 Å². The number of hydrogen-bond acceptors (Lipinski definition) is 3. The SMILES string of the molecule is CCN(C(=O)[C@H]1CC(=O)N(c2ccc(SC)cc2)C1)C1CCCC1. The van der Waals surface area contributed by atoms with Gasteiger partial charge in [0.2, 0.25) is 11.8 Å². The first-order valence-electron chi connectivity index (χ1n) is 8.89. The van der Waals surface area contributed by atoms with Crippen molar-refractivity contribution < 1.29 is 9.59 Å². The molecular formula is C19H26N2O2S. The van der Waals surface area contributed by atoms with Gasteiger partial charge in [0.25, 0.3) is 0 Å². The highest BCUT2D eigenvalue weighted by molar-refractivity contribution is 7.98. The van der Waals surface area contributed by atoms with Gasteiger partial charge in [-0.1, -0.05) is 12.8 Å². The van der Waals surface area contributed by atoms with Gasteiger partial charge in [0.1, 0.15) is 0 Å². The number of anilines is 1. The normalized spacial score (nSPS) is 21.5. The summed E-state index contributed by atoms with van der Waals surface area (Å²) in [6.45, 7) is 3.31. The molecule has 0 aromatic heterocycles. The summed E-state index contributed by atoms with van der Waals surface area (Å²) >= 11 is 1.68. The monoisotopic (exact) mass is 346 g/mol. The minimum absolute atomic E-state index is 0.0627. The Morgan fingerprint density at radius 1 is 1.25 bits per heavy atom. The largest absolute Gasteiger partial charge is 0.340 e. The number of rotatable bonds is 5. The van der Waals surface area contributed by atoms with E-state index in [2.05, 4.69) is 0 Å². The zero-order chi connectivity index (χ0) is 17.1. The topological polar surface area (TPSA) is 40.6 Å². The molecule has 4 nitrogen and oxygen atoms in total. The Morgan fingerprint density at radius 3 is 2.50 bits per heavy atom. The Labute approximate surface area is 148 Å². The molecule has 130 valence electrons. The summed E-state index contributed by atoms with van der Waals surface area (Å²) in [5, 5.41) is 0. The number of hydrogen-bond donors (Lipinski definition) is 0. The van der Waals surface area contributed by atoms with Crippen molar-refractivity contribution >= 4 is 29.3 Å². The summed E-state index contributed by atoms with van der Waals surface area (Å²) in [6.07, 6.45) is 7.03. The molecule has 0 unspecified atom stereocenters. The maximum atomic E-state index is 12.9. The van der Waals surface area contributed by atoms with Crippen LogP contribution in [0.2, 0.25) is 0 Å². The van der Waals surface area contributed by atoms with Crippen LogP contribution in [0, 0.1) is 5.92 Å². The average molecular weight is 346 g/mol. The lowest BCUT2D eigenvalue weighted by atomic mass is 10.1. The second-order valence-corrected chi connectivity index (χ2v) is 7.55. The van der Waals surface area contributed by atoms with E-state index in [1.165, 1.54) is 17.7 Å². The summed E-state index contributed by atoms with van der Waals surface area (Å²) < 4.78 is 0. The van der Waals surface area contributed by atoms with Gasteiger partial charge >= 0.3 is 0 Å². The van der Waals surface area contributed by atoms with Crippen LogP contribution in [0.4, 0.5) is 5.69 Å². The highest BCUT2D eigenvalue weighted by atomic mass is 32.2. The van der Waals surface area contributed by atoms with E-state index in [1.54, 1.807) is 16.7 Å². The van der Waals surface area contributed by atoms with Crippen molar-refractivity contribution in [3.05, 3.63) is 24.3 Å². The lowest BCUT2D eigenvalue weighted by Gasteiger charge is -2.30. The number of amides is 2. The molecule has 1 heterocycles. The van der Waals surface area contributed by atoms with E-state index < -0.39 is 0 Å². The van der Waals surface area contributed by atoms with Crippen molar-refractivity contribution in [2.24, 2.45) is 5.92 Å². The predicted octanol–water partition coefficient (Wildman–Crippen LogP) is 3.55. The summed E-state index contributed by atoms with van der Waals surface area (Å²) in [6, 6.07) is 8.39. The van der Waals surface area contributed by atoms with Gasteiger partial charge in [-0.05, 0) is 50.3 Å². The van der Waals surface area contributed by atoms with E-state index in [9.17, 15) is 9.59 Å². The van der Waals surface area contributed by atoms with Crippen molar-refractivity contribution in [1.29, 1.82) is 0 Å². The van der Waals surface area contributed by atoms with Crippen LogP contribution >= 0.6 is 11.8 Å². The summed E-state index contributed by atoms with van der Waals surface area (Å²) in [4.78, 5) is 30.3. The zero-order valence-electron chi connectivity index (χ0n) is 14.5. The van der Waals surface area contributed by atoms with Crippen LogP contribution in [0.3, 0.4) is 0 Å². The summed E-state index contributed by atoms with van der Waals surface area (Å²) in [5.41, 5.74) is 0.900. The Hall–Kier alpha value is -1.49. The van der Waals surface area contributed by atoms with Gasteiger partial charge < -0.3 is 9.80 Å². The molecule has 1 saturated carbocycles. The van der Waals surface area contributed by atoms with Crippen molar-refractivity contribution in [3.8, 4) is 0 Å². The van der Waals surface area contributed by atoms with Crippen molar-refractivity contribution in [2.75, 3.05) is 24.2 Å². The highest BCUT2D eigenvalue weighted by Gasteiger charge is 2.38. The Balaban J connectivity index is 1.69. The van der Waals surface area contributed by atoms with E-state index in [4.69, 9.17) is 0 Å². The van der Waals surface area contributed by atoms with Crippen molar-refractivity contribution in [1.82, 2.24) is 4.90 Å².